The van der Waals surface area contributed by atoms with E-state index in [1.54, 1.807) is 6.20 Å². The monoisotopic (exact) mass is 754 g/mol. The molecule has 0 amide bonds. The second-order valence-corrected chi connectivity index (χ2v) is 18.4. The van der Waals surface area contributed by atoms with Crippen LogP contribution in [0.2, 0.25) is 0 Å². The van der Waals surface area contributed by atoms with E-state index in [-0.39, 0.29) is 0 Å². The van der Waals surface area contributed by atoms with Crippen molar-refractivity contribution in [3.05, 3.63) is 199 Å². The Kier molecular flexibility index (Phi) is 7.59. The Hall–Kier alpha value is -7.09. The number of para-hydroxylation sites is 3. The van der Waals surface area contributed by atoms with Crippen molar-refractivity contribution in [1.29, 1.82) is 0 Å². The summed E-state index contributed by atoms with van der Waals surface area (Å²) in [4.78, 5) is 9.77. The van der Waals surface area contributed by atoms with E-state index in [9.17, 15) is 0 Å². The van der Waals surface area contributed by atoms with Gasteiger partial charge in [-0.2, -0.15) is 0 Å². The summed E-state index contributed by atoms with van der Waals surface area (Å²) in [5, 5.41) is 6.93. The molecule has 5 nitrogen and oxygen atoms in total. The molecular weight excluding hydrogens is 720 g/mol. The van der Waals surface area contributed by atoms with Crippen LogP contribution in [-0.2, 0) is 7.05 Å². The number of aromatic nitrogens is 4. The Morgan fingerprint density at radius 3 is 2.07 bits per heavy atom. The zero-order chi connectivity index (χ0) is 38.1. The number of alkyl halides is 1. The summed E-state index contributed by atoms with van der Waals surface area (Å²) in [5.41, 5.74) is 5.71. The molecule has 4 heterocycles. The van der Waals surface area contributed by atoms with Crippen LogP contribution in [0.3, 0.4) is 0 Å². The third-order valence-corrected chi connectivity index (χ3v) is 16.4. The molecule has 0 radical (unpaired) electrons. The van der Waals surface area contributed by atoms with Crippen LogP contribution in [0.1, 0.15) is 17.3 Å². The molecule has 7 aromatic carbocycles. The van der Waals surface area contributed by atoms with Crippen LogP contribution >= 0.6 is 0 Å². The van der Waals surface area contributed by atoms with Gasteiger partial charge in [0.15, 0.2) is 20.0 Å². The topological polar surface area (TPSA) is 44.9 Å². The number of hydrogen-bond acceptors (Lipinski definition) is 3. The summed E-state index contributed by atoms with van der Waals surface area (Å²) < 4.78 is 28.4. The van der Waals surface area contributed by atoms with Gasteiger partial charge in [-0.05, 0) is 74.3 Å². The Bertz CT molecular complexity index is 3100. The first-order valence-electron chi connectivity index (χ1n) is 19.2. The molecule has 272 valence electrons. The van der Waals surface area contributed by atoms with Gasteiger partial charge in [-0.1, -0.05) is 140 Å². The Labute approximate surface area is 329 Å². The third kappa shape index (κ3) is 4.99. The first kappa shape index (κ1) is 33.3. The van der Waals surface area contributed by atoms with Gasteiger partial charge in [0.2, 0.25) is 0 Å². The average molecular weight is 755 g/mol. The van der Waals surface area contributed by atoms with Crippen molar-refractivity contribution in [2.24, 2.45) is 7.05 Å². The van der Waals surface area contributed by atoms with Gasteiger partial charge in [-0.15, -0.1) is 0 Å². The van der Waals surface area contributed by atoms with E-state index >= 15 is 4.39 Å². The molecule has 1 aliphatic rings. The quantitative estimate of drug-likeness (QED) is 0.159. The minimum atomic E-state index is -2.91. The number of hydrogen-bond donors (Lipinski definition) is 0. The maximum atomic E-state index is 17.0. The minimum absolute atomic E-state index is 0.557. The van der Waals surface area contributed by atoms with E-state index in [0.717, 1.165) is 66.7 Å². The van der Waals surface area contributed by atoms with Crippen LogP contribution in [0.4, 0.5) is 4.39 Å². The highest BCUT2D eigenvalue weighted by Crippen LogP contribution is 2.42. The molecule has 0 saturated carbocycles. The van der Waals surface area contributed by atoms with Crippen LogP contribution in [0, 0.1) is 0 Å². The molecule has 0 bridgehead atoms. The Morgan fingerprint density at radius 1 is 0.596 bits per heavy atom. The minimum Gasteiger partial charge on any atom is -0.455 e. The van der Waals surface area contributed by atoms with Crippen LogP contribution < -0.4 is 25.5 Å². The largest absolute Gasteiger partial charge is 0.455 e. The number of ether oxygens (including phenoxy) is 1. The molecule has 7 heteroatoms. The molecule has 1 aliphatic heterocycles. The van der Waals surface area contributed by atoms with E-state index < -0.39 is 14.2 Å². The van der Waals surface area contributed by atoms with Gasteiger partial charge in [0.1, 0.15) is 17.4 Å². The maximum absolute atomic E-state index is 17.0. The van der Waals surface area contributed by atoms with Gasteiger partial charge in [0.25, 0.3) is 0 Å². The lowest BCUT2D eigenvalue weighted by Crippen LogP contribution is -2.76. The molecule has 11 rings (SSSR count). The standard InChI is InChI=1S/C50H35FN4OSi/c1-54-41-22-9-8-21-40(41)53-50(54)35-16-14-15-33(31-35)47(51)34-26-27-38-39-28-29-45-49(48(39)55(42(38)32-34)46-25-12-13-30-52-46)56-43-23-10-11-24-44(43)57(45,36-17-4-2-5-18-36)37-19-6-3-7-20-37/h2-32,47H,1H3. The second kappa shape index (κ2) is 13.0. The number of benzene rings is 7. The molecular formula is C50H35FN4OSi. The van der Waals surface area contributed by atoms with Crippen molar-refractivity contribution >= 4 is 61.7 Å². The number of nitrogens with zero attached hydrogens (tertiary/aromatic N) is 4. The van der Waals surface area contributed by atoms with E-state index in [2.05, 4.69) is 112 Å². The molecule has 10 aromatic rings. The normalized spacial score (nSPS) is 13.6. The van der Waals surface area contributed by atoms with Gasteiger partial charge >= 0.3 is 0 Å². The predicted octanol–water partition coefficient (Wildman–Crippen LogP) is 9.27. The molecule has 0 aliphatic carbocycles. The number of pyridine rings is 1. The van der Waals surface area contributed by atoms with Gasteiger partial charge in [0.05, 0.1) is 22.1 Å². The lowest BCUT2D eigenvalue weighted by Gasteiger charge is -2.39. The van der Waals surface area contributed by atoms with Gasteiger partial charge in [0, 0.05) is 29.6 Å². The van der Waals surface area contributed by atoms with E-state index in [1.807, 2.05) is 85.9 Å². The molecule has 57 heavy (non-hydrogen) atoms. The van der Waals surface area contributed by atoms with Crippen molar-refractivity contribution in [2.45, 2.75) is 6.17 Å². The molecule has 1 unspecified atom stereocenters. The smallest absolute Gasteiger partial charge is 0.188 e. The summed E-state index contributed by atoms with van der Waals surface area (Å²) in [6.45, 7) is 0. The van der Waals surface area contributed by atoms with Crippen LogP contribution in [0.25, 0.3) is 50.0 Å². The fourth-order valence-electron chi connectivity index (χ4n) is 9.09. The number of rotatable bonds is 6. The number of aryl methyl sites for hydroxylation is 1. The van der Waals surface area contributed by atoms with Gasteiger partial charge in [-0.3, -0.25) is 4.57 Å². The lowest BCUT2D eigenvalue weighted by atomic mass is 9.99. The highest BCUT2D eigenvalue weighted by Gasteiger charge is 2.48. The van der Waals surface area contributed by atoms with Gasteiger partial charge < -0.3 is 9.30 Å². The van der Waals surface area contributed by atoms with Crippen molar-refractivity contribution in [3.8, 4) is 28.7 Å². The van der Waals surface area contributed by atoms with E-state index in [1.165, 1.54) is 15.6 Å². The third-order valence-electron chi connectivity index (χ3n) is 11.6. The predicted molar refractivity (Wildman–Crippen MR) is 231 cm³/mol. The molecule has 0 fully saturated rings. The van der Waals surface area contributed by atoms with E-state index in [0.29, 0.717) is 11.1 Å². The summed E-state index contributed by atoms with van der Waals surface area (Å²) in [5.74, 6) is 3.19. The van der Waals surface area contributed by atoms with Crippen LogP contribution in [0.5, 0.6) is 11.5 Å². The van der Waals surface area contributed by atoms with Crippen molar-refractivity contribution in [3.63, 3.8) is 0 Å². The zero-order valence-corrected chi connectivity index (χ0v) is 32.1. The Balaban J connectivity index is 1.15. The second-order valence-electron chi connectivity index (χ2n) is 14.7. The summed E-state index contributed by atoms with van der Waals surface area (Å²) in [6, 6.07) is 62.4. The van der Waals surface area contributed by atoms with E-state index in [4.69, 9.17) is 14.7 Å². The van der Waals surface area contributed by atoms with Crippen LogP contribution in [0.15, 0.2) is 188 Å². The SMILES string of the molecule is Cn1c(-c2cccc(C(F)c3ccc4c5ccc6c(c5n(-c5ccccn5)c4c3)Oc3ccccc3[Si]6(c3ccccc3)c3ccccc3)c2)nc2ccccc21. The molecule has 0 saturated heterocycles. The summed E-state index contributed by atoms with van der Waals surface area (Å²) >= 11 is 0. The molecule has 3 aromatic heterocycles. The summed E-state index contributed by atoms with van der Waals surface area (Å²) in [7, 11) is -0.912. The lowest BCUT2D eigenvalue weighted by molar-refractivity contribution is 0.402. The van der Waals surface area contributed by atoms with Crippen molar-refractivity contribution in [2.75, 3.05) is 0 Å². The number of fused-ring (bicyclic) bond motifs is 7. The zero-order valence-electron chi connectivity index (χ0n) is 31.1. The van der Waals surface area contributed by atoms with Gasteiger partial charge in [-0.25, -0.2) is 14.4 Å². The highest BCUT2D eigenvalue weighted by atomic mass is 28.3. The van der Waals surface area contributed by atoms with Crippen molar-refractivity contribution < 1.29 is 9.13 Å². The van der Waals surface area contributed by atoms with Crippen molar-refractivity contribution in [1.82, 2.24) is 19.1 Å². The van der Waals surface area contributed by atoms with Crippen LogP contribution in [-0.4, -0.2) is 27.2 Å². The fraction of sp³-hybridized carbons (Fsp3) is 0.0400. The summed E-state index contributed by atoms with van der Waals surface area (Å²) in [6.07, 6.45) is 0.423. The first-order valence-corrected chi connectivity index (χ1v) is 21.2. The maximum Gasteiger partial charge on any atom is 0.188 e. The first-order chi connectivity index (χ1) is 28.1. The number of imidazole rings is 1. The molecule has 1 atom stereocenters. The molecule has 0 spiro atoms. The number of halogens is 1. The average Bonchev–Trinajstić information content (AvgIpc) is 3.80. The Morgan fingerprint density at radius 2 is 1.30 bits per heavy atom. The molecule has 0 N–H and O–H groups in total. The fourth-order valence-corrected chi connectivity index (χ4v) is 14.0. The highest BCUT2D eigenvalue weighted by molar-refractivity contribution is 7.20.